The van der Waals surface area contributed by atoms with Crippen LogP contribution in [0.4, 0.5) is 0 Å². The Morgan fingerprint density at radius 3 is 2.71 bits per heavy atom. The molecule has 0 rings (SSSR count). The van der Waals surface area contributed by atoms with Crippen molar-refractivity contribution in [3.05, 3.63) is 0 Å². The van der Waals surface area contributed by atoms with Gasteiger partial charge in [-0.2, -0.15) is 0 Å². The van der Waals surface area contributed by atoms with Crippen LogP contribution in [0.2, 0.25) is 0 Å². The van der Waals surface area contributed by atoms with Gasteiger partial charge >= 0.3 is 5.97 Å². The summed E-state index contributed by atoms with van der Waals surface area (Å²) < 4.78 is 9.83. The van der Waals surface area contributed by atoms with Gasteiger partial charge in [0.2, 0.25) is 0 Å². The summed E-state index contributed by atoms with van der Waals surface area (Å²) in [5, 5.41) is 8.93. The van der Waals surface area contributed by atoms with Crippen LogP contribution in [0, 0.1) is 0 Å². The van der Waals surface area contributed by atoms with Crippen molar-refractivity contribution in [2.45, 2.75) is 25.9 Å². The molecule has 0 unspecified atom stereocenters. The Bertz CT molecular complexity index is 152. The largest absolute Gasteiger partial charge is 0.461 e. The molecular formula is C9H19NO4. The Labute approximate surface area is 84.2 Å². The standard InChI is InChI=1S/C9H19NO4/c1-2-3-4-13-5-6-14-9(12)8(11)7-10/h8,11H,2-7,10H2,1H3/t8-/m0/s1. The number of aliphatic hydroxyl groups is 1. The Morgan fingerprint density at radius 1 is 1.43 bits per heavy atom. The molecule has 3 N–H and O–H groups in total. The summed E-state index contributed by atoms with van der Waals surface area (Å²) in [6.45, 7) is 3.16. The lowest BCUT2D eigenvalue weighted by Crippen LogP contribution is -2.31. The van der Waals surface area contributed by atoms with Crippen LogP contribution in [0.5, 0.6) is 0 Å². The average molecular weight is 205 g/mol. The monoisotopic (exact) mass is 205 g/mol. The lowest BCUT2D eigenvalue weighted by atomic mass is 10.4. The van der Waals surface area contributed by atoms with Gasteiger partial charge in [-0.25, -0.2) is 4.79 Å². The number of unbranched alkanes of at least 4 members (excludes halogenated alkanes) is 1. The quantitative estimate of drug-likeness (QED) is 0.418. The van der Waals surface area contributed by atoms with Crippen LogP contribution in [-0.4, -0.2) is 43.5 Å². The summed E-state index contributed by atoms with van der Waals surface area (Å²) in [4.78, 5) is 10.9. The second-order valence-electron chi connectivity index (χ2n) is 2.88. The van der Waals surface area contributed by atoms with E-state index >= 15 is 0 Å². The number of hydrogen-bond donors (Lipinski definition) is 2. The molecule has 84 valence electrons. The van der Waals surface area contributed by atoms with Gasteiger partial charge < -0.3 is 20.3 Å². The third-order valence-electron chi connectivity index (χ3n) is 1.61. The summed E-state index contributed by atoms with van der Waals surface area (Å²) in [6, 6.07) is 0. The first-order chi connectivity index (χ1) is 6.72. The van der Waals surface area contributed by atoms with E-state index in [0.717, 1.165) is 12.8 Å². The van der Waals surface area contributed by atoms with Crippen molar-refractivity contribution in [1.82, 2.24) is 0 Å². The minimum absolute atomic E-state index is 0.116. The van der Waals surface area contributed by atoms with E-state index < -0.39 is 12.1 Å². The van der Waals surface area contributed by atoms with Crippen molar-refractivity contribution in [3.63, 3.8) is 0 Å². The summed E-state index contributed by atoms with van der Waals surface area (Å²) in [5.74, 6) is -0.688. The highest BCUT2D eigenvalue weighted by atomic mass is 16.6. The number of nitrogens with two attached hydrogens (primary N) is 1. The Kier molecular flexibility index (Phi) is 8.51. The number of aliphatic hydroxyl groups excluding tert-OH is 1. The maximum Gasteiger partial charge on any atom is 0.336 e. The molecule has 0 saturated carbocycles. The van der Waals surface area contributed by atoms with Gasteiger partial charge in [-0.1, -0.05) is 13.3 Å². The molecule has 0 amide bonds. The van der Waals surface area contributed by atoms with Gasteiger partial charge in [-0.15, -0.1) is 0 Å². The minimum atomic E-state index is -1.22. The highest BCUT2D eigenvalue weighted by molar-refractivity contribution is 5.74. The van der Waals surface area contributed by atoms with Gasteiger partial charge in [0.05, 0.1) is 6.61 Å². The topological polar surface area (TPSA) is 81.8 Å². The number of rotatable bonds is 8. The highest BCUT2D eigenvalue weighted by Crippen LogP contribution is 1.89. The van der Waals surface area contributed by atoms with E-state index in [1.54, 1.807) is 0 Å². The molecule has 0 saturated heterocycles. The molecule has 5 heteroatoms. The molecule has 0 aliphatic rings. The van der Waals surface area contributed by atoms with Crippen LogP contribution in [0.15, 0.2) is 0 Å². The van der Waals surface area contributed by atoms with Crippen molar-refractivity contribution in [3.8, 4) is 0 Å². The van der Waals surface area contributed by atoms with Gasteiger partial charge in [-0.3, -0.25) is 0 Å². The first-order valence-corrected chi connectivity index (χ1v) is 4.84. The van der Waals surface area contributed by atoms with E-state index in [-0.39, 0.29) is 13.2 Å². The summed E-state index contributed by atoms with van der Waals surface area (Å²) >= 11 is 0. The maximum atomic E-state index is 10.9. The first-order valence-electron chi connectivity index (χ1n) is 4.84. The first kappa shape index (κ1) is 13.4. The van der Waals surface area contributed by atoms with Gasteiger partial charge in [0.15, 0.2) is 6.10 Å². The molecule has 0 spiro atoms. The van der Waals surface area contributed by atoms with Crippen LogP contribution in [0.1, 0.15) is 19.8 Å². The van der Waals surface area contributed by atoms with Crippen molar-refractivity contribution in [2.75, 3.05) is 26.4 Å². The van der Waals surface area contributed by atoms with Crippen LogP contribution in [-0.2, 0) is 14.3 Å². The average Bonchev–Trinajstić information content (AvgIpc) is 2.21. The van der Waals surface area contributed by atoms with E-state index in [1.807, 2.05) is 0 Å². The van der Waals surface area contributed by atoms with Crippen LogP contribution >= 0.6 is 0 Å². The van der Waals surface area contributed by atoms with E-state index in [0.29, 0.717) is 13.2 Å². The van der Waals surface area contributed by atoms with E-state index in [4.69, 9.17) is 15.6 Å². The van der Waals surface area contributed by atoms with E-state index in [2.05, 4.69) is 11.7 Å². The second kappa shape index (κ2) is 8.93. The molecular weight excluding hydrogens is 186 g/mol. The highest BCUT2D eigenvalue weighted by Gasteiger charge is 2.13. The zero-order chi connectivity index (χ0) is 10.8. The fourth-order valence-corrected chi connectivity index (χ4v) is 0.742. The van der Waals surface area contributed by atoms with E-state index in [1.165, 1.54) is 0 Å². The predicted molar refractivity (Wildman–Crippen MR) is 51.7 cm³/mol. The zero-order valence-corrected chi connectivity index (χ0v) is 8.57. The summed E-state index contributed by atoms with van der Waals surface area (Å²) in [6.07, 6.45) is 0.857. The van der Waals surface area contributed by atoms with Crippen LogP contribution in [0.3, 0.4) is 0 Å². The van der Waals surface area contributed by atoms with Crippen molar-refractivity contribution in [1.29, 1.82) is 0 Å². The molecule has 0 bridgehead atoms. The Morgan fingerprint density at radius 2 is 2.14 bits per heavy atom. The van der Waals surface area contributed by atoms with Gasteiger partial charge in [0, 0.05) is 13.2 Å². The minimum Gasteiger partial charge on any atom is -0.461 e. The van der Waals surface area contributed by atoms with Crippen molar-refractivity contribution < 1.29 is 19.4 Å². The van der Waals surface area contributed by atoms with Gasteiger partial charge in [0.25, 0.3) is 0 Å². The van der Waals surface area contributed by atoms with Gasteiger partial charge in [0.1, 0.15) is 6.61 Å². The molecule has 0 aliphatic carbocycles. The number of hydrogen-bond acceptors (Lipinski definition) is 5. The number of ether oxygens (including phenoxy) is 2. The van der Waals surface area contributed by atoms with Crippen LogP contribution < -0.4 is 5.73 Å². The second-order valence-corrected chi connectivity index (χ2v) is 2.88. The molecule has 0 fully saturated rings. The molecule has 0 aromatic heterocycles. The number of esters is 1. The number of carbonyl (C=O) groups excluding carboxylic acids is 1. The molecule has 1 atom stereocenters. The third kappa shape index (κ3) is 6.82. The molecule has 5 nitrogen and oxygen atoms in total. The predicted octanol–water partition coefficient (Wildman–Crippen LogP) is -0.334. The van der Waals surface area contributed by atoms with Gasteiger partial charge in [-0.05, 0) is 6.42 Å². The summed E-state index contributed by atoms with van der Waals surface area (Å²) in [7, 11) is 0. The Hall–Kier alpha value is -0.650. The zero-order valence-electron chi connectivity index (χ0n) is 8.57. The lowest BCUT2D eigenvalue weighted by molar-refractivity contribution is -0.154. The smallest absolute Gasteiger partial charge is 0.336 e. The summed E-state index contributed by atoms with van der Waals surface area (Å²) in [5.41, 5.74) is 5.06. The molecule has 14 heavy (non-hydrogen) atoms. The van der Waals surface area contributed by atoms with Crippen molar-refractivity contribution in [2.24, 2.45) is 5.73 Å². The maximum absolute atomic E-state index is 10.9. The van der Waals surface area contributed by atoms with E-state index in [9.17, 15) is 4.79 Å². The fourth-order valence-electron chi connectivity index (χ4n) is 0.742. The molecule has 0 aromatic rings. The fraction of sp³-hybridized carbons (Fsp3) is 0.889. The lowest BCUT2D eigenvalue weighted by Gasteiger charge is -2.08. The normalized spacial score (nSPS) is 12.5. The number of carbonyl (C=O) groups is 1. The Balaban J connectivity index is 3.23. The molecule has 0 aliphatic heterocycles. The molecule has 0 radical (unpaired) electrons. The third-order valence-corrected chi connectivity index (χ3v) is 1.61. The molecule has 0 heterocycles. The SMILES string of the molecule is CCCCOCCOC(=O)[C@@H](O)CN. The van der Waals surface area contributed by atoms with Crippen LogP contribution in [0.25, 0.3) is 0 Å². The molecule has 0 aromatic carbocycles. The van der Waals surface area contributed by atoms with Crippen molar-refractivity contribution >= 4 is 5.97 Å².